The molecule has 0 aromatic heterocycles. The molecule has 0 unspecified atom stereocenters. The van der Waals surface area contributed by atoms with E-state index in [-0.39, 0.29) is 17.3 Å². The second-order valence-electron chi connectivity index (χ2n) is 8.87. The molecular weight excluding hydrogens is 468 g/mol. The third kappa shape index (κ3) is 4.91. The van der Waals surface area contributed by atoms with Crippen molar-refractivity contribution >= 4 is 28.6 Å². The van der Waals surface area contributed by atoms with E-state index in [0.717, 1.165) is 22.3 Å². The molecule has 0 aliphatic heterocycles. The lowest BCUT2D eigenvalue weighted by atomic mass is 9.96. The fourth-order valence-electron chi connectivity index (χ4n) is 4.39. The summed E-state index contributed by atoms with van der Waals surface area (Å²) in [4.78, 5) is 26.4. The van der Waals surface area contributed by atoms with Crippen LogP contribution < -0.4 is 0 Å². The first-order valence-electron chi connectivity index (χ1n) is 12.3. The van der Waals surface area contributed by atoms with Crippen LogP contribution in [0.5, 0.6) is 0 Å². The van der Waals surface area contributed by atoms with Crippen molar-refractivity contribution in [2.75, 3.05) is 0 Å². The molecule has 0 N–H and O–H groups in total. The first-order valence-corrected chi connectivity index (χ1v) is 12.3. The minimum Gasteiger partial charge on any atom is -0.289 e. The van der Waals surface area contributed by atoms with Crippen LogP contribution in [0, 0.1) is 11.8 Å². The molecule has 0 bridgehead atoms. The van der Waals surface area contributed by atoms with Crippen LogP contribution in [-0.2, 0) is 0 Å². The van der Waals surface area contributed by atoms with E-state index in [1.165, 1.54) is 0 Å². The molecule has 1 aliphatic rings. The van der Waals surface area contributed by atoms with Crippen molar-refractivity contribution in [3.8, 4) is 11.8 Å². The Kier molecular flexibility index (Phi) is 7.02. The Morgan fingerprint density at radius 2 is 1.29 bits per heavy atom. The van der Waals surface area contributed by atoms with Crippen LogP contribution in [0.3, 0.4) is 0 Å². The SMILES string of the molecule is CC1=C(/C(=N/N=C(\C)C(=O)c2ccccc2C#Cc2ccccc2)c2ccccc2)c2ccccc2C1=O. The summed E-state index contributed by atoms with van der Waals surface area (Å²) in [5.74, 6) is 5.95. The van der Waals surface area contributed by atoms with E-state index in [1.807, 2.05) is 103 Å². The van der Waals surface area contributed by atoms with Crippen molar-refractivity contribution in [1.29, 1.82) is 0 Å². The number of ketones is 2. The van der Waals surface area contributed by atoms with E-state index in [1.54, 1.807) is 19.9 Å². The molecule has 4 aromatic rings. The summed E-state index contributed by atoms with van der Waals surface area (Å²) >= 11 is 0. The molecule has 0 amide bonds. The zero-order valence-corrected chi connectivity index (χ0v) is 21.1. The van der Waals surface area contributed by atoms with Crippen LogP contribution in [0.2, 0.25) is 0 Å². The third-order valence-corrected chi connectivity index (χ3v) is 6.36. The van der Waals surface area contributed by atoms with E-state index in [9.17, 15) is 9.59 Å². The monoisotopic (exact) mass is 492 g/mol. The van der Waals surface area contributed by atoms with Gasteiger partial charge < -0.3 is 0 Å². The lowest BCUT2D eigenvalue weighted by Crippen LogP contribution is -2.13. The summed E-state index contributed by atoms with van der Waals surface area (Å²) in [6.07, 6.45) is 0. The number of hydrogen-bond donors (Lipinski definition) is 0. The zero-order chi connectivity index (χ0) is 26.5. The maximum absolute atomic E-state index is 13.4. The standard InChI is InChI=1S/C34H24N2O2/c1-23-31(29-19-11-12-20-30(29)33(23)37)32(27-16-7-4-8-17-27)36-35-24(2)34(38)28-18-10-9-15-26(28)22-21-25-13-5-3-6-14-25/h3-20H,1-2H3/b35-24+,36-32+. The van der Waals surface area contributed by atoms with Crippen molar-refractivity contribution in [2.24, 2.45) is 10.2 Å². The van der Waals surface area contributed by atoms with Gasteiger partial charge in [-0.05, 0) is 43.7 Å². The lowest BCUT2D eigenvalue weighted by Gasteiger charge is -2.10. The van der Waals surface area contributed by atoms with Crippen molar-refractivity contribution in [1.82, 2.24) is 0 Å². The molecule has 1 aliphatic carbocycles. The van der Waals surface area contributed by atoms with Crippen LogP contribution in [0.4, 0.5) is 0 Å². The molecular formula is C34H24N2O2. The fraction of sp³-hybridized carbons (Fsp3) is 0.0588. The van der Waals surface area contributed by atoms with Gasteiger partial charge in [0.2, 0.25) is 5.78 Å². The minimum absolute atomic E-state index is 0.0260. The molecule has 182 valence electrons. The Morgan fingerprint density at radius 3 is 2.03 bits per heavy atom. The summed E-state index contributed by atoms with van der Waals surface area (Å²) in [6.45, 7) is 3.45. The Bertz CT molecular complexity index is 1700. The highest BCUT2D eigenvalue weighted by Crippen LogP contribution is 2.35. The van der Waals surface area contributed by atoms with Crippen LogP contribution >= 0.6 is 0 Å². The van der Waals surface area contributed by atoms with Gasteiger partial charge in [0.15, 0.2) is 5.78 Å². The summed E-state index contributed by atoms with van der Waals surface area (Å²) in [5, 5.41) is 8.94. The van der Waals surface area contributed by atoms with Gasteiger partial charge in [0, 0.05) is 39.0 Å². The maximum atomic E-state index is 13.4. The number of fused-ring (bicyclic) bond motifs is 1. The summed E-state index contributed by atoms with van der Waals surface area (Å²) in [5.41, 5.74) is 6.34. The van der Waals surface area contributed by atoms with Crippen molar-refractivity contribution in [2.45, 2.75) is 13.8 Å². The van der Waals surface area contributed by atoms with Crippen LogP contribution in [-0.4, -0.2) is 23.0 Å². The van der Waals surface area contributed by atoms with Gasteiger partial charge in [0.05, 0.1) is 0 Å². The summed E-state index contributed by atoms with van der Waals surface area (Å²) < 4.78 is 0. The highest BCUT2D eigenvalue weighted by Gasteiger charge is 2.30. The molecule has 0 spiro atoms. The van der Waals surface area contributed by atoms with Gasteiger partial charge in [-0.3, -0.25) is 9.59 Å². The zero-order valence-electron chi connectivity index (χ0n) is 21.1. The number of carbonyl (C=O) groups is 2. The summed E-state index contributed by atoms with van der Waals surface area (Å²) in [7, 11) is 0. The van der Waals surface area contributed by atoms with Crippen molar-refractivity contribution in [3.05, 3.63) is 148 Å². The summed E-state index contributed by atoms with van der Waals surface area (Å²) in [6, 6.07) is 33.9. The first-order chi connectivity index (χ1) is 18.5. The van der Waals surface area contributed by atoms with E-state index < -0.39 is 0 Å². The van der Waals surface area contributed by atoms with Gasteiger partial charge >= 0.3 is 0 Å². The molecule has 38 heavy (non-hydrogen) atoms. The average Bonchev–Trinajstić information content (AvgIpc) is 3.22. The molecule has 0 saturated heterocycles. The van der Waals surface area contributed by atoms with E-state index in [4.69, 9.17) is 0 Å². The highest BCUT2D eigenvalue weighted by atomic mass is 16.1. The van der Waals surface area contributed by atoms with Crippen molar-refractivity contribution < 1.29 is 9.59 Å². The Hall–Kier alpha value is -5.14. The number of Topliss-reactive ketones (excluding diaryl/α,β-unsaturated/α-hetero) is 2. The number of rotatable bonds is 5. The Balaban J connectivity index is 1.55. The van der Waals surface area contributed by atoms with Gasteiger partial charge in [-0.15, -0.1) is 5.10 Å². The van der Waals surface area contributed by atoms with Gasteiger partial charge in [-0.25, -0.2) is 0 Å². The van der Waals surface area contributed by atoms with Gasteiger partial charge in [0.1, 0.15) is 11.4 Å². The molecule has 4 heteroatoms. The van der Waals surface area contributed by atoms with E-state index in [0.29, 0.717) is 28.0 Å². The molecule has 0 atom stereocenters. The smallest absolute Gasteiger partial charge is 0.210 e. The van der Waals surface area contributed by atoms with Gasteiger partial charge in [-0.1, -0.05) is 96.8 Å². The second kappa shape index (κ2) is 10.9. The number of nitrogens with zero attached hydrogens (tertiary/aromatic N) is 2. The van der Waals surface area contributed by atoms with E-state index in [2.05, 4.69) is 22.0 Å². The molecule has 0 saturated carbocycles. The Labute approximate surface area is 222 Å². The number of allylic oxidation sites excluding steroid dienone is 2. The number of benzene rings is 4. The van der Waals surface area contributed by atoms with Crippen LogP contribution in [0.15, 0.2) is 125 Å². The molecule has 0 radical (unpaired) electrons. The van der Waals surface area contributed by atoms with Crippen molar-refractivity contribution in [3.63, 3.8) is 0 Å². The molecule has 4 nitrogen and oxygen atoms in total. The fourth-order valence-corrected chi connectivity index (χ4v) is 4.39. The lowest BCUT2D eigenvalue weighted by molar-refractivity contribution is 0.103. The van der Waals surface area contributed by atoms with E-state index >= 15 is 0 Å². The minimum atomic E-state index is -0.257. The normalized spacial score (nSPS) is 13.2. The third-order valence-electron chi connectivity index (χ3n) is 6.36. The Morgan fingerprint density at radius 1 is 0.684 bits per heavy atom. The van der Waals surface area contributed by atoms with Gasteiger partial charge in [0.25, 0.3) is 0 Å². The predicted molar refractivity (Wildman–Crippen MR) is 153 cm³/mol. The first kappa shape index (κ1) is 24.5. The second-order valence-corrected chi connectivity index (χ2v) is 8.87. The average molecular weight is 493 g/mol. The largest absolute Gasteiger partial charge is 0.289 e. The topological polar surface area (TPSA) is 58.9 Å². The van der Waals surface area contributed by atoms with Crippen LogP contribution in [0.1, 0.15) is 56.8 Å². The molecule has 0 heterocycles. The number of hydrogen-bond acceptors (Lipinski definition) is 4. The maximum Gasteiger partial charge on any atom is 0.210 e. The molecule has 4 aromatic carbocycles. The predicted octanol–water partition coefficient (Wildman–Crippen LogP) is 6.80. The number of carbonyl (C=O) groups excluding carboxylic acids is 2. The quantitative estimate of drug-likeness (QED) is 0.133. The molecule has 5 rings (SSSR count). The highest BCUT2D eigenvalue weighted by molar-refractivity contribution is 6.46. The molecule has 0 fully saturated rings. The van der Waals surface area contributed by atoms with Gasteiger partial charge in [-0.2, -0.15) is 5.10 Å². The van der Waals surface area contributed by atoms with Crippen LogP contribution in [0.25, 0.3) is 5.57 Å².